The molecule has 0 radical (unpaired) electrons. The standard InChI is InChI=1S/C43H24O2/c1-5-16-35-27(10-1)28-11-2-6-17-36(28)43(35)37-18-7-3-12-29(37)32-23-34-31-15-9-14-26(42(31)45-41(34)24-38(32)43)25-20-21-40-33(22-25)30-13-4-8-19-39(30)44-40/h1-24H. The summed E-state index contributed by atoms with van der Waals surface area (Å²) in [4.78, 5) is 0. The molecule has 0 atom stereocenters. The van der Waals surface area contributed by atoms with E-state index in [4.69, 9.17) is 8.83 Å². The van der Waals surface area contributed by atoms with Crippen LogP contribution < -0.4 is 0 Å². The monoisotopic (exact) mass is 572 g/mol. The summed E-state index contributed by atoms with van der Waals surface area (Å²) in [6.07, 6.45) is 0. The van der Waals surface area contributed by atoms with Crippen molar-refractivity contribution in [2.75, 3.05) is 0 Å². The zero-order valence-electron chi connectivity index (χ0n) is 24.2. The Morgan fingerprint density at radius 1 is 0.333 bits per heavy atom. The van der Waals surface area contributed by atoms with E-state index in [1.54, 1.807) is 0 Å². The van der Waals surface area contributed by atoms with E-state index in [0.29, 0.717) is 0 Å². The Bertz CT molecular complexity index is 2670. The van der Waals surface area contributed by atoms with Gasteiger partial charge in [-0.3, -0.25) is 0 Å². The van der Waals surface area contributed by atoms with E-state index in [2.05, 4.69) is 133 Å². The van der Waals surface area contributed by atoms with Crippen molar-refractivity contribution in [1.82, 2.24) is 0 Å². The van der Waals surface area contributed by atoms with Gasteiger partial charge in [-0.25, -0.2) is 0 Å². The maximum atomic E-state index is 6.90. The van der Waals surface area contributed by atoms with Crippen LogP contribution in [0.2, 0.25) is 0 Å². The van der Waals surface area contributed by atoms with Crippen LogP contribution in [0.15, 0.2) is 154 Å². The van der Waals surface area contributed by atoms with Gasteiger partial charge in [0.05, 0.1) is 5.41 Å². The molecular weight excluding hydrogens is 548 g/mol. The lowest BCUT2D eigenvalue weighted by molar-refractivity contribution is 0.667. The van der Waals surface area contributed by atoms with Crippen molar-refractivity contribution in [3.8, 4) is 33.4 Å². The molecule has 45 heavy (non-hydrogen) atoms. The van der Waals surface area contributed by atoms with E-state index in [9.17, 15) is 0 Å². The fourth-order valence-corrected chi connectivity index (χ4v) is 8.50. The molecule has 1 spiro atoms. The molecule has 11 rings (SSSR count). The summed E-state index contributed by atoms with van der Waals surface area (Å²) in [5.41, 5.74) is 16.0. The minimum atomic E-state index is -0.386. The van der Waals surface area contributed by atoms with Crippen LogP contribution in [0, 0.1) is 0 Å². The van der Waals surface area contributed by atoms with Crippen molar-refractivity contribution in [1.29, 1.82) is 0 Å². The second kappa shape index (κ2) is 8.19. The van der Waals surface area contributed by atoms with Crippen LogP contribution in [-0.4, -0.2) is 0 Å². The SMILES string of the molecule is c1ccc2c(c1)-c1ccccc1C21c2ccccc2-c2cc3c(cc21)oc1c(-c2ccc4oc5ccccc5c4c2)cccc13. The number of hydrogen-bond acceptors (Lipinski definition) is 2. The van der Waals surface area contributed by atoms with Crippen molar-refractivity contribution in [2.24, 2.45) is 0 Å². The first kappa shape index (κ1) is 23.6. The normalized spacial score (nSPS) is 14.0. The van der Waals surface area contributed by atoms with E-state index in [1.807, 2.05) is 12.1 Å². The molecule has 0 unspecified atom stereocenters. The van der Waals surface area contributed by atoms with Gasteiger partial charge < -0.3 is 8.83 Å². The molecule has 0 saturated carbocycles. The van der Waals surface area contributed by atoms with E-state index in [1.165, 1.54) is 44.5 Å². The fraction of sp³-hybridized carbons (Fsp3) is 0.0233. The highest BCUT2D eigenvalue weighted by atomic mass is 16.3. The quantitative estimate of drug-likeness (QED) is 0.196. The molecule has 2 heteroatoms. The Balaban J connectivity index is 1.21. The molecule has 0 amide bonds. The van der Waals surface area contributed by atoms with E-state index in [-0.39, 0.29) is 5.41 Å². The van der Waals surface area contributed by atoms with Crippen molar-refractivity contribution in [3.05, 3.63) is 168 Å². The Hall–Kier alpha value is -5.86. The Labute approximate surface area is 258 Å². The van der Waals surface area contributed by atoms with Gasteiger partial charge in [0.1, 0.15) is 22.3 Å². The largest absolute Gasteiger partial charge is 0.456 e. The highest BCUT2D eigenvalue weighted by Crippen LogP contribution is 2.63. The average molecular weight is 573 g/mol. The summed E-state index contributed by atoms with van der Waals surface area (Å²) in [5.74, 6) is 0. The van der Waals surface area contributed by atoms with Crippen LogP contribution in [0.4, 0.5) is 0 Å². The van der Waals surface area contributed by atoms with Crippen molar-refractivity contribution < 1.29 is 8.83 Å². The van der Waals surface area contributed by atoms with Crippen LogP contribution in [0.5, 0.6) is 0 Å². The van der Waals surface area contributed by atoms with Gasteiger partial charge in [-0.2, -0.15) is 0 Å². The van der Waals surface area contributed by atoms with Crippen LogP contribution >= 0.6 is 0 Å². The van der Waals surface area contributed by atoms with Crippen LogP contribution in [0.25, 0.3) is 77.3 Å². The summed E-state index contributed by atoms with van der Waals surface area (Å²) >= 11 is 0. The third kappa shape index (κ3) is 2.81. The highest BCUT2D eigenvalue weighted by Gasteiger charge is 2.51. The van der Waals surface area contributed by atoms with Gasteiger partial charge >= 0.3 is 0 Å². The lowest BCUT2D eigenvalue weighted by atomic mass is 9.70. The third-order valence-corrected chi connectivity index (χ3v) is 10.3. The van der Waals surface area contributed by atoms with Gasteiger partial charge in [0.25, 0.3) is 0 Å². The highest BCUT2D eigenvalue weighted by molar-refractivity contribution is 6.13. The number of benzene rings is 7. The first-order valence-corrected chi connectivity index (χ1v) is 15.5. The molecule has 2 aliphatic carbocycles. The fourth-order valence-electron chi connectivity index (χ4n) is 8.50. The minimum absolute atomic E-state index is 0.386. The van der Waals surface area contributed by atoms with Crippen LogP contribution in [-0.2, 0) is 5.41 Å². The number of rotatable bonds is 1. The lowest BCUT2D eigenvalue weighted by Crippen LogP contribution is -2.25. The first-order valence-electron chi connectivity index (χ1n) is 15.5. The molecule has 2 aliphatic rings. The smallest absolute Gasteiger partial charge is 0.143 e. The summed E-state index contributed by atoms with van der Waals surface area (Å²) < 4.78 is 13.0. The van der Waals surface area contributed by atoms with Crippen molar-refractivity contribution in [2.45, 2.75) is 5.41 Å². The molecule has 2 aromatic heterocycles. The second-order valence-corrected chi connectivity index (χ2v) is 12.4. The number of hydrogen-bond donors (Lipinski definition) is 0. The molecule has 0 fully saturated rings. The zero-order chi connectivity index (χ0) is 29.3. The predicted octanol–water partition coefficient (Wildman–Crippen LogP) is 11.5. The van der Waals surface area contributed by atoms with Gasteiger partial charge in [0.2, 0.25) is 0 Å². The predicted molar refractivity (Wildman–Crippen MR) is 183 cm³/mol. The third-order valence-electron chi connectivity index (χ3n) is 10.3. The molecule has 0 aliphatic heterocycles. The number of fused-ring (bicyclic) bond motifs is 16. The molecule has 0 saturated heterocycles. The maximum absolute atomic E-state index is 6.90. The minimum Gasteiger partial charge on any atom is -0.456 e. The summed E-state index contributed by atoms with van der Waals surface area (Å²) in [6, 6.07) is 52.7. The average Bonchev–Trinajstić information content (AvgIpc) is 3.82. The van der Waals surface area contributed by atoms with Gasteiger partial charge in [-0.05, 0) is 80.4 Å². The summed E-state index contributed by atoms with van der Waals surface area (Å²) in [7, 11) is 0. The van der Waals surface area contributed by atoms with Gasteiger partial charge in [-0.15, -0.1) is 0 Å². The van der Waals surface area contributed by atoms with Crippen molar-refractivity contribution in [3.63, 3.8) is 0 Å². The first-order chi connectivity index (χ1) is 22.3. The summed E-state index contributed by atoms with van der Waals surface area (Å²) in [6.45, 7) is 0. The molecule has 2 nitrogen and oxygen atoms in total. The number of furan rings is 2. The zero-order valence-corrected chi connectivity index (χ0v) is 24.2. The van der Waals surface area contributed by atoms with Gasteiger partial charge in [0.15, 0.2) is 0 Å². The van der Waals surface area contributed by atoms with Gasteiger partial charge in [-0.1, -0.05) is 115 Å². The molecular formula is C43H24O2. The maximum Gasteiger partial charge on any atom is 0.143 e. The second-order valence-electron chi connectivity index (χ2n) is 12.4. The van der Waals surface area contributed by atoms with Gasteiger partial charge in [0, 0.05) is 27.1 Å². The van der Waals surface area contributed by atoms with E-state index in [0.717, 1.165) is 55.0 Å². The molecule has 2 heterocycles. The van der Waals surface area contributed by atoms with Crippen molar-refractivity contribution >= 4 is 43.9 Å². The topological polar surface area (TPSA) is 26.3 Å². The van der Waals surface area contributed by atoms with E-state index < -0.39 is 0 Å². The summed E-state index contributed by atoms with van der Waals surface area (Å²) in [5, 5.41) is 4.52. The molecule has 0 N–H and O–H groups in total. The lowest BCUT2D eigenvalue weighted by Gasteiger charge is -2.30. The molecule has 7 aromatic carbocycles. The van der Waals surface area contributed by atoms with E-state index >= 15 is 0 Å². The van der Waals surface area contributed by atoms with Crippen LogP contribution in [0.3, 0.4) is 0 Å². The number of para-hydroxylation sites is 2. The Morgan fingerprint density at radius 2 is 0.911 bits per heavy atom. The Kier molecular flexibility index (Phi) is 4.29. The molecule has 208 valence electrons. The van der Waals surface area contributed by atoms with Crippen LogP contribution in [0.1, 0.15) is 22.3 Å². The Morgan fingerprint density at radius 3 is 1.67 bits per heavy atom. The molecule has 9 aromatic rings. The molecule has 0 bridgehead atoms.